The van der Waals surface area contributed by atoms with Crippen molar-refractivity contribution in [2.24, 2.45) is 0 Å². The average Bonchev–Trinajstić information content (AvgIpc) is 3.35. The normalized spacial score (nSPS) is 11.9. The fraction of sp³-hybridized carbons (Fsp3) is 0.160. The molecule has 0 spiro atoms. The van der Waals surface area contributed by atoms with Crippen LogP contribution in [0.3, 0.4) is 0 Å². The Morgan fingerprint density at radius 1 is 1.00 bits per heavy atom. The van der Waals surface area contributed by atoms with E-state index in [2.05, 4.69) is 36.2 Å². The van der Waals surface area contributed by atoms with Gasteiger partial charge in [-0.2, -0.15) is 0 Å². The summed E-state index contributed by atoms with van der Waals surface area (Å²) in [6.45, 7) is 6.40. The van der Waals surface area contributed by atoms with Gasteiger partial charge in [0, 0.05) is 17.1 Å². The van der Waals surface area contributed by atoms with Crippen LogP contribution in [0.5, 0.6) is 0 Å². The summed E-state index contributed by atoms with van der Waals surface area (Å²) in [5.41, 5.74) is 3.22. The van der Waals surface area contributed by atoms with E-state index in [4.69, 9.17) is 0 Å². The molecule has 0 atom stereocenters. The fourth-order valence-corrected chi connectivity index (χ4v) is 3.68. The first kappa shape index (κ1) is 19.9. The number of amides is 1. The molecule has 3 aromatic heterocycles. The number of hydrogen-bond donors (Lipinski definition) is 1. The minimum atomic E-state index is -0.276. The molecule has 160 valence electrons. The van der Waals surface area contributed by atoms with Gasteiger partial charge < -0.3 is 5.32 Å². The molecule has 5 aromatic rings. The zero-order chi connectivity index (χ0) is 22.5. The Labute approximate surface area is 184 Å². The summed E-state index contributed by atoms with van der Waals surface area (Å²) in [6.07, 6.45) is 3.52. The number of rotatable bonds is 3. The number of nitrogens with one attached hydrogen (secondary N) is 1. The van der Waals surface area contributed by atoms with E-state index in [0.717, 1.165) is 10.9 Å². The van der Waals surface area contributed by atoms with Crippen LogP contribution < -0.4 is 5.32 Å². The van der Waals surface area contributed by atoms with Gasteiger partial charge in [-0.1, -0.05) is 32.9 Å². The zero-order valence-electron chi connectivity index (χ0n) is 18.0. The Morgan fingerprint density at radius 3 is 2.53 bits per heavy atom. The minimum Gasteiger partial charge on any atom is -0.305 e. The van der Waals surface area contributed by atoms with Crippen molar-refractivity contribution in [1.82, 2.24) is 19.2 Å². The predicted molar refractivity (Wildman–Crippen MR) is 123 cm³/mol. The van der Waals surface area contributed by atoms with Crippen LogP contribution in [0.25, 0.3) is 22.4 Å². The Morgan fingerprint density at radius 2 is 1.78 bits per heavy atom. The molecular weight excluding hydrogens is 405 g/mol. The molecule has 0 bridgehead atoms. The van der Waals surface area contributed by atoms with Crippen molar-refractivity contribution in [2.75, 3.05) is 5.32 Å². The van der Waals surface area contributed by atoms with Crippen LogP contribution in [-0.2, 0) is 5.41 Å². The first-order chi connectivity index (χ1) is 15.3. The molecule has 5 rings (SSSR count). The molecule has 0 radical (unpaired) electrons. The molecule has 0 aliphatic heterocycles. The summed E-state index contributed by atoms with van der Waals surface area (Å²) < 4.78 is 17.0. The Kier molecular flexibility index (Phi) is 4.55. The molecule has 0 saturated heterocycles. The van der Waals surface area contributed by atoms with Crippen LogP contribution in [0.4, 0.5) is 10.2 Å². The largest absolute Gasteiger partial charge is 0.305 e. The number of hydrogen-bond acceptors (Lipinski definition) is 3. The highest BCUT2D eigenvalue weighted by molar-refractivity contribution is 6.03. The van der Waals surface area contributed by atoms with E-state index in [-0.39, 0.29) is 17.1 Å². The molecule has 2 aromatic carbocycles. The van der Waals surface area contributed by atoms with Crippen molar-refractivity contribution in [1.29, 1.82) is 0 Å². The molecule has 0 aliphatic rings. The maximum Gasteiger partial charge on any atom is 0.256 e. The number of fused-ring (bicyclic) bond motifs is 2. The fourth-order valence-electron chi connectivity index (χ4n) is 3.68. The minimum absolute atomic E-state index is 0.0270. The maximum absolute atomic E-state index is 13.5. The van der Waals surface area contributed by atoms with Crippen molar-refractivity contribution in [3.8, 4) is 5.82 Å². The molecule has 32 heavy (non-hydrogen) atoms. The van der Waals surface area contributed by atoms with E-state index < -0.39 is 0 Å². The van der Waals surface area contributed by atoms with Gasteiger partial charge in [-0.15, -0.1) is 5.10 Å². The Balaban J connectivity index is 1.41. The van der Waals surface area contributed by atoms with Crippen LogP contribution in [0.15, 0.2) is 73.1 Å². The molecule has 0 fully saturated rings. The summed E-state index contributed by atoms with van der Waals surface area (Å²) in [5.74, 6) is 0.570. The predicted octanol–water partition coefficient (Wildman–Crippen LogP) is 5.36. The molecular formula is C25H22FN5O. The second-order valence-corrected chi connectivity index (χ2v) is 8.79. The number of anilines is 1. The molecule has 6 nitrogen and oxygen atoms in total. The lowest BCUT2D eigenvalue weighted by Crippen LogP contribution is -2.14. The third kappa shape index (κ3) is 3.62. The summed E-state index contributed by atoms with van der Waals surface area (Å²) >= 11 is 0. The van der Waals surface area contributed by atoms with Crippen LogP contribution >= 0.6 is 0 Å². The van der Waals surface area contributed by atoms with Gasteiger partial charge in [0.2, 0.25) is 0 Å². The van der Waals surface area contributed by atoms with Gasteiger partial charge in [-0.05, 0) is 59.5 Å². The van der Waals surface area contributed by atoms with Crippen LogP contribution in [0, 0.1) is 5.82 Å². The van der Waals surface area contributed by atoms with Gasteiger partial charge in [0.15, 0.2) is 17.3 Å². The van der Waals surface area contributed by atoms with Crippen molar-refractivity contribution < 1.29 is 9.18 Å². The monoisotopic (exact) mass is 427 g/mol. The SMILES string of the molecule is CC(C)(C)c1ccc(C(=O)Nc2cn3nc(-n4ccc5cc(F)ccc54)ccc3n2)cc1. The quantitative estimate of drug-likeness (QED) is 0.421. The molecule has 1 N–H and O–H groups in total. The second-order valence-electron chi connectivity index (χ2n) is 8.79. The van der Waals surface area contributed by atoms with Gasteiger partial charge in [0.25, 0.3) is 5.91 Å². The van der Waals surface area contributed by atoms with Crippen LogP contribution in [-0.4, -0.2) is 25.1 Å². The number of nitrogens with zero attached hydrogens (tertiary/aromatic N) is 4. The van der Waals surface area contributed by atoms with Gasteiger partial charge in [-0.3, -0.25) is 9.36 Å². The summed E-state index contributed by atoms with van der Waals surface area (Å²) in [4.78, 5) is 17.1. The van der Waals surface area contributed by atoms with Crippen LogP contribution in [0.2, 0.25) is 0 Å². The lowest BCUT2D eigenvalue weighted by Gasteiger charge is -2.18. The lowest BCUT2D eigenvalue weighted by molar-refractivity contribution is 0.102. The smallest absolute Gasteiger partial charge is 0.256 e. The third-order valence-electron chi connectivity index (χ3n) is 5.46. The molecule has 0 aliphatic carbocycles. The van der Waals surface area contributed by atoms with E-state index in [1.165, 1.54) is 17.7 Å². The van der Waals surface area contributed by atoms with Gasteiger partial charge in [-0.25, -0.2) is 13.9 Å². The standard InChI is InChI=1S/C25H22FN5O/c1-25(2,3)18-6-4-16(5-7-18)24(32)28-21-15-31-22(27-21)10-11-23(29-31)30-13-12-17-14-19(26)8-9-20(17)30/h4-15H,1-3H3,(H,28,32). The maximum atomic E-state index is 13.5. The number of carbonyl (C=O) groups is 1. The van der Waals surface area contributed by atoms with Crippen LogP contribution in [0.1, 0.15) is 36.7 Å². The summed E-state index contributed by atoms with van der Waals surface area (Å²) in [7, 11) is 0. The van der Waals surface area contributed by atoms with Crippen molar-refractivity contribution in [3.05, 3.63) is 90.0 Å². The van der Waals surface area contributed by atoms with Crippen molar-refractivity contribution >= 4 is 28.3 Å². The Bertz CT molecular complexity index is 1460. The molecule has 1 amide bonds. The number of halogens is 1. The molecule has 0 unspecified atom stereocenters. The average molecular weight is 427 g/mol. The topological polar surface area (TPSA) is 64.2 Å². The van der Waals surface area contributed by atoms with E-state index in [9.17, 15) is 9.18 Å². The number of benzene rings is 2. The van der Waals surface area contributed by atoms with Crippen molar-refractivity contribution in [2.45, 2.75) is 26.2 Å². The Hall–Kier alpha value is -4.00. The van der Waals surface area contributed by atoms with E-state index >= 15 is 0 Å². The highest BCUT2D eigenvalue weighted by Gasteiger charge is 2.15. The second kappa shape index (κ2) is 7.30. The summed E-state index contributed by atoms with van der Waals surface area (Å²) in [5, 5.41) is 8.23. The molecule has 3 heterocycles. The summed E-state index contributed by atoms with van der Waals surface area (Å²) in [6, 6.07) is 17.7. The number of aromatic nitrogens is 4. The van der Waals surface area contributed by atoms with Gasteiger partial charge in [0.1, 0.15) is 5.82 Å². The highest BCUT2D eigenvalue weighted by Crippen LogP contribution is 2.23. The van der Waals surface area contributed by atoms with Crippen molar-refractivity contribution in [3.63, 3.8) is 0 Å². The first-order valence-corrected chi connectivity index (χ1v) is 10.3. The number of carbonyl (C=O) groups excluding carboxylic acids is 1. The van der Waals surface area contributed by atoms with Gasteiger partial charge in [0.05, 0.1) is 11.7 Å². The van der Waals surface area contributed by atoms with E-state index in [1.54, 1.807) is 16.8 Å². The molecule has 0 saturated carbocycles. The van der Waals surface area contributed by atoms with Gasteiger partial charge >= 0.3 is 0 Å². The van der Waals surface area contributed by atoms with E-state index in [1.807, 2.05) is 53.2 Å². The van der Waals surface area contributed by atoms with E-state index in [0.29, 0.717) is 22.8 Å². The number of imidazole rings is 1. The highest BCUT2D eigenvalue weighted by atomic mass is 19.1. The third-order valence-corrected chi connectivity index (χ3v) is 5.46. The lowest BCUT2D eigenvalue weighted by atomic mass is 9.87. The molecule has 7 heteroatoms. The first-order valence-electron chi connectivity index (χ1n) is 10.3. The zero-order valence-corrected chi connectivity index (χ0v) is 18.0.